The first kappa shape index (κ1) is 19.2. The van der Waals surface area contributed by atoms with Crippen molar-refractivity contribution in [3.63, 3.8) is 0 Å². The number of ketones is 1. The molecular weight excluding hydrogens is 372 g/mol. The van der Waals surface area contributed by atoms with Gasteiger partial charge in [-0.2, -0.15) is 0 Å². The van der Waals surface area contributed by atoms with Gasteiger partial charge in [0, 0.05) is 24.1 Å². The van der Waals surface area contributed by atoms with Crippen LogP contribution in [-0.4, -0.2) is 24.3 Å². The summed E-state index contributed by atoms with van der Waals surface area (Å²) in [6, 6.07) is 7.01. The monoisotopic (exact) mass is 396 g/mol. The van der Waals surface area contributed by atoms with Gasteiger partial charge in [0.2, 0.25) is 11.8 Å². The quantitative estimate of drug-likeness (QED) is 0.761. The number of allylic oxidation sites excluding steroid dienone is 1. The summed E-state index contributed by atoms with van der Waals surface area (Å²) in [6.45, 7) is 5.95. The first-order valence-corrected chi connectivity index (χ1v) is 9.75. The molecule has 1 amide bonds. The average molecular weight is 396 g/mol. The molecule has 152 valence electrons. The van der Waals surface area contributed by atoms with Crippen LogP contribution in [-0.2, 0) is 29.3 Å². The lowest BCUT2D eigenvalue weighted by atomic mass is 9.62. The molecule has 1 spiro atoms. The van der Waals surface area contributed by atoms with Crippen LogP contribution >= 0.6 is 0 Å². The maximum absolute atomic E-state index is 13.5. The molecule has 2 aliphatic heterocycles. The van der Waals surface area contributed by atoms with E-state index in [1.807, 2.05) is 20.8 Å². The van der Waals surface area contributed by atoms with E-state index >= 15 is 0 Å². The first-order chi connectivity index (χ1) is 13.7. The van der Waals surface area contributed by atoms with Gasteiger partial charge in [0.1, 0.15) is 16.7 Å². The van der Waals surface area contributed by atoms with E-state index in [9.17, 15) is 14.4 Å². The molecule has 0 bridgehead atoms. The molecule has 7 heteroatoms. The van der Waals surface area contributed by atoms with Gasteiger partial charge >= 0.3 is 5.97 Å². The van der Waals surface area contributed by atoms with Crippen LogP contribution in [0.25, 0.3) is 0 Å². The van der Waals surface area contributed by atoms with Crippen molar-refractivity contribution >= 4 is 23.3 Å². The molecule has 1 aliphatic carbocycles. The second kappa shape index (κ2) is 6.47. The number of nitrogens with one attached hydrogen (secondary N) is 1. The molecule has 7 nitrogen and oxygen atoms in total. The third kappa shape index (κ3) is 2.68. The Morgan fingerprint density at radius 1 is 1.24 bits per heavy atom. The van der Waals surface area contributed by atoms with Gasteiger partial charge in [-0.25, -0.2) is 4.79 Å². The maximum Gasteiger partial charge on any atom is 0.341 e. The average Bonchev–Trinajstić information content (AvgIpc) is 2.91. The lowest BCUT2D eigenvalue weighted by molar-refractivity contribution is -0.141. The van der Waals surface area contributed by atoms with Gasteiger partial charge in [0.25, 0.3) is 0 Å². The van der Waals surface area contributed by atoms with Gasteiger partial charge in [-0.1, -0.05) is 39.0 Å². The summed E-state index contributed by atoms with van der Waals surface area (Å²) < 4.78 is 11.1. The molecule has 29 heavy (non-hydrogen) atoms. The Hall–Kier alpha value is -3.09. The Bertz CT molecular complexity index is 1000. The van der Waals surface area contributed by atoms with Crippen molar-refractivity contribution in [2.24, 2.45) is 11.1 Å². The number of fused-ring (bicyclic) bond motifs is 3. The number of Topliss-reactive ketones (excluding diaryl/α,β-unsaturated/α-hetero) is 1. The van der Waals surface area contributed by atoms with E-state index in [4.69, 9.17) is 15.2 Å². The summed E-state index contributed by atoms with van der Waals surface area (Å²) in [5, 5.41) is 2.82. The standard InChI is InChI=1S/C22H24N2O5/c1-4-9-28-19(26)17-18(23)29-15-11-21(2,3)10-14(25)16(15)22(17)12-7-5-6-8-13(12)24-20(22)27/h5-8H,4,9-11,23H2,1-3H3,(H,24,27). The van der Waals surface area contributed by atoms with Crippen LogP contribution in [0, 0.1) is 5.41 Å². The number of para-hydroxylation sites is 1. The number of rotatable bonds is 3. The van der Waals surface area contributed by atoms with E-state index in [-0.39, 0.29) is 41.3 Å². The highest BCUT2D eigenvalue weighted by Crippen LogP contribution is 2.56. The first-order valence-electron chi connectivity index (χ1n) is 9.75. The van der Waals surface area contributed by atoms with Crippen molar-refractivity contribution in [1.82, 2.24) is 0 Å². The van der Waals surface area contributed by atoms with Crippen LogP contribution < -0.4 is 11.1 Å². The normalized spacial score (nSPS) is 24.8. The minimum absolute atomic E-state index is 0.125. The SMILES string of the molecule is CCCOC(=O)C1=C(N)OC2=C(C(=O)CC(C)(C)C2)C12C(=O)Nc1ccccc12. The molecule has 3 N–H and O–H groups in total. The summed E-state index contributed by atoms with van der Waals surface area (Å²) in [5.74, 6) is -1.31. The molecule has 0 saturated heterocycles. The van der Waals surface area contributed by atoms with Crippen LogP contribution in [0.15, 0.2) is 47.1 Å². The zero-order valence-electron chi connectivity index (χ0n) is 16.8. The van der Waals surface area contributed by atoms with Gasteiger partial charge in [-0.05, 0) is 17.9 Å². The fraction of sp³-hybridized carbons (Fsp3) is 0.409. The number of carbonyl (C=O) groups is 3. The smallest absolute Gasteiger partial charge is 0.341 e. The van der Waals surface area contributed by atoms with Crippen LogP contribution in [0.1, 0.15) is 45.6 Å². The maximum atomic E-state index is 13.5. The van der Waals surface area contributed by atoms with E-state index in [2.05, 4.69) is 5.32 Å². The summed E-state index contributed by atoms with van der Waals surface area (Å²) >= 11 is 0. The van der Waals surface area contributed by atoms with Crippen LogP contribution in [0.2, 0.25) is 0 Å². The third-order valence-electron chi connectivity index (χ3n) is 5.63. The Morgan fingerprint density at radius 2 is 1.97 bits per heavy atom. The number of hydrogen-bond donors (Lipinski definition) is 2. The fourth-order valence-corrected chi connectivity index (χ4v) is 4.54. The van der Waals surface area contributed by atoms with Gasteiger partial charge in [0.05, 0.1) is 12.2 Å². The van der Waals surface area contributed by atoms with Crippen molar-refractivity contribution in [2.45, 2.75) is 45.4 Å². The van der Waals surface area contributed by atoms with Crippen molar-refractivity contribution in [1.29, 1.82) is 0 Å². The molecular formula is C22H24N2O5. The molecule has 1 unspecified atom stereocenters. The second-order valence-electron chi connectivity index (χ2n) is 8.47. The van der Waals surface area contributed by atoms with Crippen molar-refractivity contribution in [3.8, 4) is 0 Å². The molecule has 1 aromatic rings. The number of benzene rings is 1. The molecule has 0 radical (unpaired) electrons. The van der Waals surface area contributed by atoms with Crippen molar-refractivity contribution < 1.29 is 23.9 Å². The van der Waals surface area contributed by atoms with Crippen molar-refractivity contribution in [3.05, 3.63) is 52.6 Å². The van der Waals surface area contributed by atoms with Gasteiger partial charge in [0.15, 0.2) is 5.78 Å². The van der Waals surface area contributed by atoms with E-state index in [1.165, 1.54) is 0 Å². The lowest BCUT2D eigenvalue weighted by Gasteiger charge is -2.41. The predicted octanol–water partition coefficient (Wildman–Crippen LogP) is 2.67. The van der Waals surface area contributed by atoms with Crippen LogP contribution in [0.5, 0.6) is 0 Å². The lowest BCUT2D eigenvalue weighted by Crippen LogP contribution is -2.50. The Morgan fingerprint density at radius 3 is 2.69 bits per heavy atom. The molecule has 1 aromatic carbocycles. The van der Waals surface area contributed by atoms with E-state index in [0.29, 0.717) is 29.9 Å². The minimum atomic E-state index is -1.66. The Labute approximate surface area is 168 Å². The molecule has 0 fully saturated rings. The highest BCUT2D eigenvalue weighted by Gasteiger charge is 2.62. The molecule has 2 heterocycles. The Kier molecular flexibility index (Phi) is 4.29. The number of anilines is 1. The molecule has 4 rings (SSSR count). The zero-order chi connectivity index (χ0) is 21.0. The second-order valence-corrected chi connectivity index (χ2v) is 8.47. The molecule has 0 saturated carbocycles. The number of ether oxygens (including phenoxy) is 2. The summed E-state index contributed by atoms with van der Waals surface area (Å²) in [4.78, 5) is 39.8. The van der Waals surface area contributed by atoms with Gasteiger partial charge in [-0.3, -0.25) is 9.59 Å². The topological polar surface area (TPSA) is 108 Å². The zero-order valence-corrected chi connectivity index (χ0v) is 16.8. The number of carbonyl (C=O) groups excluding carboxylic acids is 3. The minimum Gasteiger partial charge on any atom is -0.462 e. The highest BCUT2D eigenvalue weighted by atomic mass is 16.5. The summed E-state index contributed by atoms with van der Waals surface area (Å²) in [5.41, 5.74) is 5.32. The predicted molar refractivity (Wildman–Crippen MR) is 105 cm³/mol. The van der Waals surface area contributed by atoms with Crippen molar-refractivity contribution in [2.75, 3.05) is 11.9 Å². The summed E-state index contributed by atoms with van der Waals surface area (Å²) in [6.07, 6.45) is 1.28. The third-order valence-corrected chi connectivity index (χ3v) is 5.63. The highest BCUT2D eigenvalue weighted by molar-refractivity contribution is 6.22. The number of esters is 1. The number of amides is 1. The molecule has 3 aliphatic rings. The van der Waals surface area contributed by atoms with Crippen LogP contribution in [0.3, 0.4) is 0 Å². The number of hydrogen-bond acceptors (Lipinski definition) is 6. The number of nitrogens with two attached hydrogens (primary N) is 1. The summed E-state index contributed by atoms with van der Waals surface area (Å²) in [7, 11) is 0. The van der Waals surface area contributed by atoms with E-state index in [0.717, 1.165) is 0 Å². The molecule has 1 atom stereocenters. The largest absolute Gasteiger partial charge is 0.462 e. The van der Waals surface area contributed by atoms with E-state index < -0.39 is 17.3 Å². The van der Waals surface area contributed by atoms with Gasteiger partial charge < -0.3 is 20.5 Å². The van der Waals surface area contributed by atoms with Crippen LogP contribution in [0.4, 0.5) is 5.69 Å². The fourth-order valence-electron chi connectivity index (χ4n) is 4.54. The molecule has 0 aromatic heterocycles. The Balaban J connectivity index is 2.01. The van der Waals surface area contributed by atoms with E-state index in [1.54, 1.807) is 24.3 Å². The van der Waals surface area contributed by atoms with Gasteiger partial charge in [-0.15, -0.1) is 0 Å².